The summed E-state index contributed by atoms with van der Waals surface area (Å²) < 4.78 is 11.5. The van der Waals surface area contributed by atoms with Crippen LogP contribution in [0.1, 0.15) is 43.0 Å². The van der Waals surface area contributed by atoms with Gasteiger partial charge in [0.2, 0.25) is 0 Å². The summed E-state index contributed by atoms with van der Waals surface area (Å²) in [6.07, 6.45) is 0.820. The molecule has 138 valence electrons. The third kappa shape index (κ3) is 4.10. The number of nitrogens with one attached hydrogen (secondary N) is 2. The normalized spacial score (nSPS) is 17.7. The van der Waals surface area contributed by atoms with Crippen molar-refractivity contribution in [3.63, 3.8) is 0 Å². The molecule has 0 aromatic heterocycles. The third-order valence-electron chi connectivity index (χ3n) is 4.61. The first kappa shape index (κ1) is 18.5. The Bertz CT molecular complexity index is 833. The van der Waals surface area contributed by atoms with Crippen molar-refractivity contribution in [3.8, 4) is 11.5 Å². The zero-order chi connectivity index (χ0) is 18.9. The number of methoxy groups -OCH3 is 1. The van der Waals surface area contributed by atoms with Gasteiger partial charge < -0.3 is 20.1 Å². The van der Waals surface area contributed by atoms with Crippen LogP contribution in [0.25, 0.3) is 0 Å². The summed E-state index contributed by atoms with van der Waals surface area (Å²) in [5.74, 6) is 1.63. The smallest absolute Gasteiger partial charge is 0.171 e. The maximum atomic E-state index is 6.14. The molecule has 5 heteroatoms. The summed E-state index contributed by atoms with van der Waals surface area (Å²) in [7, 11) is 1.66. The van der Waals surface area contributed by atoms with E-state index in [-0.39, 0.29) is 11.6 Å². The first-order valence-corrected chi connectivity index (χ1v) is 9.20. The molecule has 1 heterocycles. The van der Waals surface area contributed by atoms with Crippen molar-refractivity contribution in [2.75, 3.05) is 12.4 Å². The van der Waals surface area contributed by atoms with Crippen LogP contribution in [-0.2, 0) is 0 Å². The van der Waals surface area contributed by atoms with Gasteiger partial charge in [0, 0.05) is 23.7 Å². The molecule has 0 saturated heterocycles. The molecule has 0 spiro atoms. The summed E-state index contributed by atoms with van der Waals surface area (Å²) >= 11 is 5.57. The molecule has 1 aliphatic heterocycles. The Morgan fingerprint density at radius 3 is 2.65 bits per heavy atom. The minimum Gasteiger partial charge on any atom is -0.497 e. The third-order valence-corrected chi connectivity index (χ3v) is 4.83. The van der Waals surface area contributed by atoms with Crippen LogP contribution >= 0.6 is 12.2 Å². The lowest BCUT2D eigenvalue weighted by atomic mass is 9.89. The van der Waals surface area contributed by atoms with Gasteiger partial charge in [0.05, 0.1) is 13.2 Å². The van der Waals surface area contributed by atoms with Gasteiger partial charge in [-0.15, -0.1) is 0 Å². The molecule has 1 aliphatic rings. The quantitative estimate of drug-likeness (QED) is 0.752. The average molecular weight is 371 g/mol. The molecule has 3 rings (SSSR count). The van der Waals surface area contributed by atoms with Crippen molar-refractivity contribution < 1.29 is 9.47 Å². The summed E-state index contributed by atoms with van der Waals surface area (Å²) in [6, 6.07) is 12.3. The molecule has 26 heavy (non-hydrogen) atoms. The van der Waals surface area contributed by atoms with Crippen molar-refractivity contribution >= 4 is 23.0 Å². The molecule has 1 atom stereocenters. The van der Waals surface area contributed by atoms with E-state index in [1.165, 1.54) is 11.1 Å². The molecule has 0 radical (unpaired) electrons. The van der Waals surface area contributed by atoms with Crippen LogP contribution in [0, 0.1) is 13.8 Å². The maximum absolute atomic E-state index is 6.14. The van der Waals surface area contributed by atoms with Crippen molar-refractivity contribution in [1.82, 2.24) is 5.32 Å². The van der Waals surface area contributed by atoms with Crippen molar-refractivity contribution in [3.05, 3.63) is 53.1 Å². The number of ether oxygens (including phenoxy) is 2. The summed E-state index contributed by atoms with van der Waals surface area (Å²) in [5.41, 5.74) is 4.24. The van der Waals surface area contributed by atoms with E-state index in [2.05, 4.69) is 56.5 Å². The predicted octanol–water partition coefficient (Wildman–Crippen LogP) is 4.90. The minimum atomic E-state index is -0.285. The number of aryl methyl sites for hydroxylation is 2. The van der Waals surface area contributed by atoms with Crippen LogP contribution in [0.5, 0.6) is 11.5 Å². The molecule has 0 amide bonds. The van der Waals surface area contributed by atoms with E-state index in [1.54, 1.807) is 7.11 Å². The SMILES string of the molecule is COc1ccc2c(c1)OC(C)(C)C[C@H]2NC(=S)Nc1ccc(C)cc1C. The highest BCUT2D eigenvalue weighted by atomic mass is 32.1. The second-order valence-corrected chi connectivity index (χ2v) is 7.85. The van der Waals surface area contributed by atoms with E-state index in [1.807, 2.05) is 18.2 Å². The van der Waals surface area contributed by atoms with Gasteiger partial charge >= 0.3 is 0 Å². The molecule has 0 fully saturated rings. The molecule has 0 saturated carbocycles. The lowest BCUT2D eigenvalue weighted by molar-refractivity contribution is 0.0693. The lowest BCUT2D eigenvalue weighted by Crippen LogP contribution is -2.42. The molecule has 0 unspecified atom stereocenters. The van der Waals surface area contributed by atoms with Gasteiger partial charge in [-0.2, -0.15) is 0 Å². The van der Waals surface area contributed by atoms with Gasteiger partial charge in [-0.05, 0) is 63.7 Å². The topological polar surface area (TPSA) is 42.5 Å². The Hall–Kier alpha value is -2.27. The Morgan fingerprint density at radius 1 is 1.19 bits per heavy atom. The van der Waals surface area contributed by atoms with Gasteiger partial charge in [0.15, 0.2) is 5.11 Å². The van der Waals surface area contributed by atoms with E-state index in [9.17, 15) is 0 Å². The van der Waals surface area contributed by atoms with Gasteiger partial charge in [-0.3, -0.25) is 0 Å². The van der Waals surface area contributed by atoms with E-state index < -0.39 is 0 Å². The lowest BCUT2D eigenvalue weighted by Gasteiger charge is -2.38. The average Bonchev–Trinajstić information content (AvgIpc) is 2.55. The molecule has 2 aromatic rings. The highest BCUT2D eigenvalue weighted by Gasteiger charge is 2.34. The van der Waals surface area contributed by atoms with Gasteiger partial charge in [-0.25, -0.2) is 0 Å². The van der Waals surface area contributed by atoms with Crippen LogP contribution in [0.3, 0.4) is 0 Å². The van der Waals surface area contributed by atoms with E-state index >= 15 is 0 Å². The van der Waals surface area contributed by atoms with E-state index in [0.717, 1.165) is 29.2 Å². The van der Waals surface area contributed by atoms with Crippen LogP contribution < -0.4 is 20.1 Å². The number of fused-ring (bicyclic) bond motifs is 1. The predicted molar refractivity (Wildman–Crippen MR) is 110 cm³/mol. The first-order valence-electron chi connectivity index (χ1n) is 8.79. The number of hydrogen-bond acceptors (Lipinski definition) is 3. The van der Waals surface area contributed by atoms with Crippen molar-refractivity contribution in [2.45, 2.75) is 45.8 Å². The first-order chi connectivity index (χ1) is 12.3. The number of anilines is 1. The fourth-order valence-corrected chi connectivity index (χ4v) is 3.61. The van der Waals surface area contributed by atoms with Crippen LogP contribution in [0.15, 0.2) is 36.4 Å². The molecule has 0 aliphatic carbocycles. The number of rotatable bonds is 3. The number of hydrogen-bond donors (Lipinski definition) is 2. The Labute approximate surface area is 160 Å². The Kier molecular flexibility index (Phi) is 5.10. The zero-order valence-electron chi connectivity index (χ0n) is 16.0. The molecular weight excluding hydrogens is 344 g/mol. The highest BCUT2D eigenvalue weighted by molar-refractivity contribution is 7.80. The molecule has 2 N–H and O–H groups in total. The number of thiocarbonyl (C=S) groups is 1. The minimum absolute atomic E-state index is 0.0745. The monoisotopic (exact) mass is 370 g/mol. The van der Waals surface area contributed by atoms with Crippen molar-refractivity contribution in [2.24, 2.45) is 0 Å². The molecule has 2 aromatic carbocycles. The van der Waals surface area contributed by atoms with Crippen molar-refractivity contribution in [1.29, 1.82) is 0 Å². The highest BCUT2D eigenvalue weighted by Crippen LogP contribution is 2.41. The van der Waals surface area contributed by atoms with Gasteiger partial charge in [0.1, 0.15) is 17.1 Å². The Balaban J connectivity index is 1.79. The second kappa shape index (κ2) is 7.16. The van der Waals surface area contributed by atoms with Crippen LogP contribution in [-0.4, -0.2) is 17.8 Å². The van der Waals surface area contributed by atoms with Gasteiger partial charge in [0.25, 0.3) is 0 Å². The summed E-state index contributed by atoms with van der Waals surface area (Å²) in [5, 5.41) is 7.39. The van der Waals surface area contributed by atoms with Crippen LogP contribution in [0.4, 0.5) is 5.69 Å². The second-order valence-electron chi connectivity index (χ2n) is 7.44. The van der Waals surface area contributed by atoms with Gasteiger partial charge in [-0.1, -0.05) is 17.7 Å². The molecule has 0 bridgehead atoms. The van der Waals surface area contributed by atoms with E-state index in [4.69, 9.17) is 21.7 Å². The summed E-state index contributed by atoms with van der Waals surface area (Å²) in [4.78, 5) is 0. The molecular formula is C21H26N2O2S. The fraction of sp³-hybridized carbons (Fsp3) is 0.381. The standard InChI is InChI=1S/C21H26N2O2S/c1-13-6-9-17(14(2)10-13)22-20(26)23-18-12-21(3,4)25-19-11-15(24-5)7-8-16(18)19/h6-11,18H,12H2,1-5H3,(H2,22,23,26)/t18-/m1/s1. The zero-order valence-corrected chi connectivity index (χ0v) is 16.8. The Morgan fingerprint density at radius 2 is 1.96 bits per heavy atom. The van der Waals surface area contributed by atoms with Crippen LogP contribution in [0.2, 0.25) is 0 Å². The largest absolute Gasteiger partial charge is 0.497 e. The maximum Gasteiger partial charge on any atom is 0.171 e. The molecule has 4 nitrogen and oxygen atoms in total. The fourth-order valence-electron chi connectivity index (χ4n) is 3.36. The number of benzene rings is 2. The van der Waals surface area contributed by atoms with E-state index in [0.29, 0.717) is 5.11 Å². The summed E-state index contributed by atoms with van der Waals surface area (Å²) in [6.45, 7) is 8.34.